The van der Waals surface area contributed by atoms with Gasteiger partial charge in [-0.1, -0.05) is 133 Å². The summed E-state index contributed by atoms with van der Waals surface area (Å²) in [5.74, 6) is -1.65. The fourth-order valence-electron chi connectivity index (χ4n) is 7.32. The molecule has 3 aliphatic carbocycles. The van der Waals surface area contributed by atoms with Gasteiger partial charge in [0, 0.05) is 0 Å². The Morgan fingerprint density at radius 2 is 0.739 bits per heavy atom. The summed E-state index contributed by atoms with van der Waals surface area (Å²) < 4.78 is 13.0. The average Bonchev–Trinajstić information content (AvgIpc) is 3.13. The molecule has 4 atom stereocenters. The van der Waals surface area contributed by atoms with Crippen molar-refractivity contribution in [1.29, 1.82) is 0 Å². The highest BCUT2D eigenvalue weighted by Crippen LogP contribution is 2.59. The number of fused-ring (bicyclic) bond motifs is 1. The van der Waals surface area contributed by atoms with E-state index >= 15 is 0 Å². The summed E-state index contributed by atoms with van der Waals surface area (Å²) in [5.41, 5.74) is 9.61. The molecule has 9 rings (SSSR count). The fourth-order valence-corrected chi connectivity index (χ4v) is 7.32. The Hall–Kier alpha value is -5.74. The van der Waals surface area contributed by atoms with Crippen LogP contribution >= 0.6 is 0 Å². The Bertz CT molecular complexity index is 1890. The Kier molecular flexibility index (Phi) is 7.03. The van der Waals surface area contributed by atoms with Gasteiger partial charge in [-0.25, -0.2) is 9.59 Å². The van der Waals surface area contributed by atoms with Gasteiger partial charge >= 0.3 is 11.9 Å². The first-order chi connectivity index (χ1) is 22.7. The zero-order valence-electron chi connectivity index (χ0n) is 25.0. The van der Waals surface area contributed by atoms with E-state index in [0.29, 0.717) is 11.1 Å². The van der Waals surface area contributed by atoms with Crippen LogP contribution in [-0.4, -0.2) is 24.1 Å². The van der Waals surface area contributed by atoms with Crippen molar-refractivity contribution in [1.82, 2.24) is 0 Å². The summed E-state index contributed by atoms with van der Waals surface area (Å²) in [7, 11) is 0. The van der Waals surface area contributed by atoms with Crippen LogP contribution in [0.5, 0.6) is 0 Å². The topological polar surface area (TPSA) is 52.6 Å². The van der Waals surface area contributed by atoms with Gasteiger partial charge in [0.25, 0.3) is 0 Å². The quantitative estimate of drug-likeness (QED) is 0.180. The molecule has 0 aliphatic heterocycles. The number of carbonyl (C=O) groups is 2. The molecule has 0 amide bonds. The van der Waals surface area contributed by atoms with E-state index in [0.717, 1.165) is 44.5 Å². The van der Waals surface area contributed by atoms with Crippen LogP contribution in [0.15, 0.2) is 158 Å². The minimum absolute atomic E-state index is 0.378. The van der Waals surface area contributed by atoms with Gasteiger partial charge in [-0.3, -0.25) is 0 Å². The lowest BCUT2D eigenvalue weighted by Gasteiger charge is -2.50. The van der Waals surface area contributed by atoms with Crippen LogP contribution in [0, 0.1) is 0 Å². The van der Waals surface area contributed by atoms with E-state index < -0.39 is 24.1 Å². The van der Waals surface area contributed by atoms with Crippen molar-refractivity contribution in [3.63, 3.8) is 0 Å². The molecule has 4 nitrogen and oxygen atoms in total. The second-order valence-corrected chi connectivity index (χ2v) is 11.8. The number of hydrogen-bond acceptors (Lipinski definition) is 4. The fraction of sp³-hybridized carbons (Fsp3) is 0.0952. The van der Waals surface area contributed by atoms with Crippen molar-refractivity contribution in [2.75, 3.05) is 0 Å². The highest BCUT2D eigenvalue weighted by atomic mass is 16.6. The van der Waals surface area contributed by atoms with E-state index in [9.17, 15) is 9.59 Å². The number of carbonyl (C=O) groups excluding carboxylic acids is 2. The summed E-state index contributed by atoms with van der Waals surface area (Å²) in [6.07, 6.45) is -1.53. The van der Waals surface area contributed by atoms with E-state index in [1.807, 2.05) is 72.8 Å². The Morgan fingerprint density at radius 1 is 0.391 bits per heavy atom. The minimum atomic E-state index is -0.763. The second kappa shape index (κ2) is 11.6. The third kappa shape index (κ3) is 4.70. The van der Waals surface area contributed by atoms with Gasteiger partial charge in [-0.05, 0) is 68.8 Å². The molecule has 0 aromatic heterocycles. The Balaban J connectivity index is 1.37. The van der Waals surface area contributed by atoms with Gasteiger partial charge in [0.05, 0.1) is 23.0 Å². The predicted octanol–water partition coefficient (Wildman–Crippen LogP) is 9.06. The lowest BCUT2D eigenvalue weighted by molar-refractivity contribution is -0.0555. The van der Waals surface area contributed by atoms with Crippen LogP contribution in [0.3, 0.4) is 0 Å². The van der Waals surface area contributed by atoms with Gasteiger partial charge in [0.15, 0.2) is 12.2 Å². The Morgan fingerprint density at radius 3 is 1.11 bits per heavy atom. The maximum Gasteiger partial charge on any atom is 0.338 e. The van der Waals surface area contributed by atoms with Gasteiger partial charge < -0.3 is 9.47 Å². The minimum Gasteiger partial charge on any atom is -0.454 e. The normalized spacial score (nSPS) is 19.0. The maximum absolute atomic E-state index is 13.8. The smallest absolute Gasteiger partial charge is 0.338 e. The largest absolute Gasteiger partial charge is 0.454 e. The van der Waals surface area contributed by atoms with Crippen molar-refractivity contribution in [2.24, 2.45) is 0 Å². The summed E-state index contributed by atoms with van der Waals surface area (Å²) in [4.78, 5) is 27.6. The van der Waals surface area contributed by atoms with Crippen molar-refractivity contribution in [3.05, 3.63) is 191 Å². The molecular weight excluding hydrogens is 568 g/mol. The number of benzene rings is 6. The van der Waals surface area contributed by atoms with Gasteiger partial charge in [0.1, 0.15) is 0 Å². The van der Waals surface area contributed by atoms with Crippen LogP contribution in [0.4, 0.5) is 0 Å². The molecule has 0 heterocycles. The van der Waals surface area contributed by atoms with Crippen molar-refractivity contribution in [3.8, 4) is 22.3 Å². The first-order valence-corrected chi connectivity index (χ1v) is 15.6. The predicted molar refractivity (Wildman–Crippen MR) is 179 cm³/mol. The molecule has 222 valence electrons. The lowest BCUT2D eigenvalue weighted by Crippen LogP contribution is -2.51. The molecule has 0 radical (unpaired) electrons. The SMILES string of the molecule is O=C(OC1C(OC(=O)c2ccccc2)[C@H]2c3cccc(-c4ccccc4)c3[C@H]1c1cccc(-c3ccccc3)c12)c1ccccc1. The molecular formula is C42H30O4. The first kappa shape index (κ1) is 27.8. The molecule has 6 aromatic carbocycles. The summed E-state index contributed by atoms with van der Waals surface area (Å²) in [6.45, 7) is 0. The van der Waals surface area contributed by atoms with Gasteiger partial charge in [-0.2, -0.15) is 0 Å². The van der Waals surface area contributed by atoms with Crippen molar-refractivity contribution >= 4 is 11.9 Å². The van der Waals surface area contributed by atoms with Gasteiger partial charge in [0.2, 0.25) is 0 Å². The van der Waals surface area contributed by atoms with Crippen LogP contribution in [0.1, 0.15) is 54.8 Å². The standard InChI is InChI=1S/C42H30O4/c43-41(29-19-9-3-10-20-29)45-39-37-34-26-14-24-32(28-17-7-2-8-18-28)36(34)38(40(39)46-42(44)30-21-11-4-12-22-30)33-25-13-23-31(35(33)37)27-15-5-1-6-16-27/h1-26,37-40H/t37-,38+,39?,40?. The molecule has 46 heavy (non-hydrogen) atoms. The first-order valence-electron chi connectivity index (χ1n) is 15.6. The molecule has 2 unspecified atom stereocenters. The molecule has 0 fully saturated rings. The van der Waals surface area contributed by atoms with Crippen LogP contribution < -0.4 is 0 Å². The third-order valence-corrected chi connectivity index (χ3v) is 9.23. The third-order valence-electron chi connectivity index (χ3n) is 9.23. The molecule has 0 spiro atoms. The van der Waals surface area contributed by atoms with E-state index in [-0.39, 0.29) is 11.8 Å². The van der Waals surface area contributed by atoms with Crippen molar-refractivity contribution in [2.45, 2.75) is 24.0 Å². The van der Waals surface area contributed by atoms with Gasteiger partial charge in [-0.15, -0.1) is 0 Å². The summed E-state index contributed by atoms with van der Waals surface area (Å²) in [5, 5.41) is 0. The number of ether oxygens (including phenoxy) is 2. The zero-order valence-corrected chi connectivity index (χ0v) is 25.0. The average molecular weight is 599 g/mol. The van der Waals surface area contributed by atoms with E-state index in [1.54, 1.807) is 24.3 Å². The number of rotatable bonds is 6. The van der Waals surface area contributed by atoms with Crippen LogP contribution in [0.25, 0.3) is 22.3 Å². The summed E-state index contributed by atoms with van der Waals surface area (Å²) in [6, 6.07) is 51.3. The molecule has 4 heteroatoms. The molecule has 0 N–H and O–H groups in total. The Labute approximate surface area is 267 Å². The van der Waals surface area contributed by atoms with Crippen LogP contribution in [-0.2, 0) is 9.47 Å². The highest BCUT2D eigenvalue weighted by Gasteiger charge is 2.55. The molecule has 0 saturated heterocycles. The maximum atomic E-state index is 13.8. The summed E-state index contributed by atoms with van der Waals surface area (Å²) >= 11 is 0. The lowest BCUT2D eigenvalue weighted by atomic mass is 9.58. The molecule has 3 aliphatic rings. The highest BCUT2D eigenvalue weighted by molar-refractivity contribution is 5.91. The van der Waals surface area contributed by atoms with E-state index in [2.05, 4.69) is 60.7 Å². The number of esters is 2. The zero-order chi connectivity index (χ0) is 31.0. The monoisotopic (exact) mass is 598 g/mol. The second-order valence-electron chi connectivity index (χ2n) is 11.8. The van der Waals surface area contributed by atoms with E-state index in [4.69, 9.17) is 9.47 Å². The molecule has 2 bridgehead atoms. The number of hydrogen-bond donors (Lipinski definition) is 0. The van der Waals surface area contributed by atoms with Crippen LogP contribution in [0.2, 0.25) is 0 Å². The molecule has 6 aromatic rings. The van der Waals surface area contributed by atoms with Crippen molar-refractivity contribution < 1.29 is 19.1 Å². The molecule has 0 saturated carbocycles. The van der Waals surface area contributed by atoms with E-state index in [1.165, 1.54) is 0 Å².